The molecule has 0 bridgehead atoms. The molecule has 2 atom stereocenters. The van der Waals surface area contributed by atoms with Crippen LogP contribution in [0, 0.1) is 5.92 Å². The minimum absolute atomic E-state index is 0.668. The first-order valence-corrected chi connectivity index (χ1v) is 7.53. The maximum Gasteiger partial charge on any atom is 0.00953 e. The summed E-state index contributed by atoms with van der Waals surface area (Å²) in [6.07, 6.45) is 7.78. The van der Waals surface area contributed by atoms with E-state index in [0.717, 1.165) is 5.92 Å². The highest BCUT2D eigenvalue weighted by molar-refractivity contribution is 5.14. The van der Waals surface area contributed by atoms with Gasteiger partial charge in [0.05, 0.1) is 0 Å². The largest absolute Gasteiger partial charge is 0.317 e. The van der Waals surface area contributed by atoms with Gasteiger partial charge in [0.25, 0.3) is 0 Å². The van der Waals surface area contributed by atoms with E-state index in [9.17, 15) is 0 Å². The molecule has 0 aliphatic heterocycles. The van der Waals surface area contributed by atoms with Crippen LogP contribution < -0.4 is 5.32 Å². The quantitative estimate of drug-likeness (QED) is 0.681. The number of nitrogens with one attached hydrogen (secondary N) is 1. The van der Waals surface area contributed by atoms with E-state index in [4.69, 9.17) is 0 Å². The number of aryl methyl sites for hydroxylation is 1. The molecular weight excluding hydrogens is 218 g/mol. The van der Waals surface area contributed by atoms with Crippen molar-refractivity contribution < 1.29 is 0 Å². The Morgan fingerprint density at radius 1 is 1.06 bits per heavy atom. The highest BCUT2D eigenvalue weighted by Gasteiger charge is 2.17. The van der Waals surface area contributed by atoms with Gasteiger partial charge in [0, 0.05) is 6.04 Å². The third kappa shape index (κ3) is 5.22. The first-order valence-electron chi connectivity index (χ1n) is 7.53. The molecule has 0 fully saturated rings. The molecule has 0 saturated heterocycles. The van der Waals surface area contributed by atoms with Crippen molar-refractivity contribution in [3.63, 3.8) is 0 Å². The summed E-state index contributed by atoms with van der Waals surface area (Å²) in [4.78, 5) is 0. The molecule has 102 valence electrons. The van der Waals surface area contributed by atoms with Crippen LogP contribution in [0.25, 0.3) is 0 Å². The molecule has 18 heavy (non-hydrogen) atoms. The average Bonchev–Trinajstić information content (AvgIpc) is 2.43. The van der Waals surface area contributed by atoms with Crippen LogP contribution in [0.15, 0.2) is 30.3 Å². The zero-order chi connectivity index (χ0) is 13.2. The third-order valence-electron chi connectivity index (χ3n) is 3.98. The van der Waals surface area contributed by atoms with Crippen LogP contribution >= 0.6 is 0 Å². The SMILES string of the molecule is CCCCC(CC)C(CCc1ccccc1)NC. The summed E-state index contributed by atoms with van der Waals surface area (Å²) in [6.45, 7) is 4.61. The van der Waals surface area contributed by atoms with Crippen LogP contribution in [0.3, 0.4) is 0 Å². The molecular formula is C17H29N. The van der Waals surface area contributed by atoms with Crippen molar-refractivity contribution >= 4 is 0 Å². The van der Waals surface area contributed by atoms with Crippen molar-refractivity contribution in [2.24, 2.45) is 5.92 Å². The highest BCUT2D eigenvalue weighted by Crippen LogP contribution is 2.20. The van der Waals surface area contributed by atoms with Gasteiger partial charge in [0.1, 0.15) is 0 Å². The predicted molar refractivity (Wildman–Crippen MR) is 80.9 cm³/mol. The predicted octanol–water partition coefficient (Wildman–Crippen LogP) is 4.42. The average molecular weight is 247 g/mol. The molecule has 0 saturated carbocycles. The van der Waals surface area contributed by atoms with Crippen molar-refractivity contribution in [1.29, 1.82) is 0 Å². The van der Waals surface area contributed by atoms with Crippen molar-refractivity contribution in [2.75, 3.05) is 7.05 Å². The number of benzene rings is 1. The second kappa shape index (κ2) is 9.16. The standard InChI is InChI=1S/C17H29N/c1-4-6-12-16(5-2)17(18-3)14-13-15-10-8-7-9-11-15/h7-11,16-18H,4-6,12-14H2,1-3H3. The Labute approximate surface area is 113 Å². The van der Waals surface area contributed by atoms with Gasteiger partial charge in [-0.15, -0.1) is 0 Å². The molecule has 0 amide bonds. The zero-order valence-electron chi connectivity index (χ0n) is 12.3. The summed E-state index contributed by atoms with van der Waals surface area (Å²) in [7, 11) is 2.12. The Kier molecular flexibility index (Phi) is 7.75. The Hall–Kier alpha value is -0.820. The summed E-state index contributed by atoms with van der Waals surface area (Å²) >= 11 is 0. The number of hydrogen-bond acceptors (Lipinski definition) is 1. The normalized spacial score (nSPS) is 14.4. The van der Waals surface area contributed by atoms with Gasteiger partial charge in [0.15, 0.2) is 0 Å². The third-order valence-corrected chi connectivity index (χ3v) is 3.98. The fourth-order valence-corrected chi connectivity index (χ4v) is 2.74. The van der Waals surface area contributed by atoms with Crippen LogP contribution in [0.5, 0.6) is 0 Å². The van der Waals surface area contributed by atoms with Gasteiger partial charge in [0.2, 0.25) is 0 Å². The monoisotopic (exact) mass is 247 g/mol. The van der Waals surface area contributed by atoms with Crippen LogP contribution in [0.1, 0.15) is 51.5 Å². The lowest BCUT2D eigenvalue weighted by Gasteiger charge is -2.26. The van der Waals surface area contributed by atoms with Gasteiger partial charge < -0.3 is 5.32 Å². The lowest BCUT2D eigenvalue weighted by atomic mass is 9.88. The lowest BCUT2D eigenvalue weighted by Crippen LogP contribution is -2.33. The summed E-state index contributed by atoms with van der Waals surface area (Å²) < 4.78 is 0. The van der Waals surface area contributed by atoms with Crippen molar-refractivity contribution in [2.45, 2.75) is 58.4 Å². The Bertz CT molecular complexity index is 294. The molecule has 1 N–H and O–H groups in total. The van der Waals surface area contributed by atoms with Gasteiger partial charge in [-0.2, -0.15) is 0 Å². The second-order valence-corrected chi connectivity index (χ2v) is 5.23. The van der Waals surface area contributed by atoms with Gasteiger partial charge in [-0.3, -0.25) is 0 Å². The molecule has 1 rings (SSSR count). The van der Waals surface area contributed by atoms with Crippen molar-refractivity contribution in [3.05, 3.63) is 35.9 Å². The number of hydrogen-bond donors (Lipinski definition) is 1. The molecule has 0 aliphatic carbocycles. The van der Waals surface area contributed by atoms with E-state index < -0.39 is 0 Å². The molecule has 0 heterocycles. The van der Waals surface area contributed by atoms with Crippen LogP contribution in [-0.4, -0.2) is 13.1 Å². The first kappa shape index (κ1) is 15.2. The van der Waals surface area contributed by atoms with E-state index in [-0.39, 0.29) is 0 Å². The molecule has 0 aliphatic rings. The smallest absolute Gasteiger partial charge is 0.00953 e. The Morgan fingerprint density at radius 2 is 1.78 bits per heavy atom. The maximum absolute atomic E-state index is 3.53. The van der Waals surface area contributed by atoms with E-state index in [0.29, 0.717) is 6.04 Å². The summed E-state index contributed by atoms with van der Waals surface area (Å²) in [5.74, 6) is 0.832. The maximum atomic E-state index is 3.53. The van der Waals surface area contributed by atoms with Crippen LogP contribution in [-0.2, 0) is 6.42 Å². The molecule has 1 nitrogen and oxygen atoms in total. The molecule has 0 aromatic heterocycles. The molecule has 1 heteroatoms. The van der Waals surface area contributed by atoms with Crippen LogP contribution in [0.2, 0.25) is 0 Å². The van der Waals surface area contributed by atoms with Crippen LogP contribution in [0.4, 0.5) is 0 Å². The summed E-state index contributed by atoms with van der Waals surface area (Å²) in [6, 6.07) is 11.5. The van der Waals surface area contributed by atoms with Gasteiger partial charge in [-0.1, -0.05) is 63.4 Å². The highest BCUT2D eigenvalue weighted by atomic mass is 14.9. The fraction of sp³-hybridized carbons (Fsp3) is 0.647. The van der Waals surface area contributed by atoms with E-state index >= 15 is 0 Å². The molecule has 1 aromatic carbocycles. The first-order chi connectivity index (χ1) is 8.81. The summed E-state index contributed by atoms with van der Waals surface area (Å²) in [5, 5.41) is 3.53. The molecule has 0 spiro atoms. The lowest BCUT2D eigenvalue weighted by molar-refractivity contribution is 0.317. The second-order valence-electron chi connectivity index (χ2n) is 5.23. The van der Waals surface area contributed by atoms with Gasteiger partial charge in [-0.25, -0.2) is 0 Å². The van der Waals surface area contributed by atoms with E-state index in [1.807, 2.05) is 0 Å². The van der Waals surface area contributed by atoms with E-state index in [1.54, 1.807) is 0 Å². The number of rotatable bonds is 9. The Morgan fingerprint density at radius 3 is 2.33 bits per heavy atom. The van der Waals surface area contributed by atoms with E-state index in [2.05, 4.69) is 56.5 Å². The Balaban J connectivity index is 2.44. The van der Waals surface area contributed by atoms with Gasteiger partial charge >= 0.3 is 0 Å². The minimum Gasteiger partial charge on any atom is -0.317 e. The van der Waals surface area contributed by atoms with Crippen molar-refractivity contribution in [3.8, 4) is 0 Å². The van der Waals surface area contributed by atoms with Crippen molar-refractivity contribution in [1.82, 2.24) is 5.32 Å². The van der Waals surface area contributed by atoms with Gasteiger partial charge in [-0.05, 0) is 37.8 Å². The summed E-state index contributed by atoms with van der Waals surface area (Å²) in [5.41, 5.74) is 1.46. The zero-order valence-corrected chi connectivity index (χ0v) is 12.3. The van der Waals surface area contributed by atoms with E-state index in [1.165, 1.54) is 44.1 Å². The molecule has 2 unspecified atom stereocenters. The molecule has 1 aromatic rings. The fourth-order valence-electron chi connectivity index (χ4n) is 2.74. The molecule has 0 radical (unpaired) electrons. The minimum atomic E-state index is 0.668. The number of unbranched alkanes of at least 4 members (excludes halogenated alkanes) is 1. The topological polar surface area (TPSA) is 12.0 Å².